The highest BCUT2D eigenvalue weighted by molar-refractivity contribution is 6.30. The van der Waals surface area contributed by atoms with Gasteiger partial charge in [0.2, 0.25) is 0 Å². The highest BCUT2D eigenvalue weighted by Crippen LogP contribution is 2.23. The van der Waals surface area contributed by atoms with Crippen LogP contribution in [0.3, 0.4) is 0 Å². The van der Waals surface area contributed by atoms with E-state index in [0.29, 0.717) is 23.2 Å². The second-order valence-corrected chi connectivity index (χ2v) is 6.58. The number of nitrogens with zero attached hydrogens (tertiary/aromatic N) is 3. The zero-order valence-corrected chi connectivity index (χ0v) is 13.9. The number of aromatic nitrogens is 2. The van der Waals surface area contributed by atoms with Crippen LogP contribution in [0.2, 0.25) is 5.02 Å². The summed E-state index contributed by atoms with van der Waals surface area (Å²) in [6.45, 7) is 3.44. The van der Waals surface area contributed by atoms with Crippen molar-refractivity contribution in [1.29, 1.82) is 0 Å². The standard InChI is InChI=1S/C17H21ClN4O/c1-12-5-7-21(15(9-12)11-19)17(23)16-6-8-22(20-16)14-4-2-3-13(18)10-14/h2-4,6,8,10,12,15H,5,7,9,11,19H2,1H3. The molecule has 1 amide bonds. The summed E-state index contributed by atoms with van der Waals surface area (Å²) in [7, 11) is 0. The minimum atomic E-state index is -0.0480. The first kappa shape index (κ1) is 16.0. The molecule has 1 aliphatic heterocycles. The Morgan fingerprint density at radius 2 is 2.26 bits per heavy atom. The van der Waals surface area contributed by atoms with Gasteiger partial charge in [-0.15, -0.1) is 0 Å². The van der Waals surface area contributed by atoms with Crippen LogP contribution >= 0.6 is 11.6 Å². The number of benzene rings is 1. The van der Waals surface area contributed by atoms with Crippen LogP contribution in [0.5, 0.6) is 0 Å². The molecule has 2 unspecified atom stereocenters. The number of halogens is 1. The smallest absolute Gasteiger partial charge is 0.274 e. The monoisotopic (exact) mass is 332 g/mol. The average Bonchev–Trinajstić information content (AvgIpc) is 3.04. The lowest BCUT2D eigenvalue weighted by Crippen LogP contribution is -2.49. The van der Waals surface area contributed by atoms with E-state index in [1.54, 1.807) is 23.0 Å². The van der Waals surface area contributed by atoms with Gasteiger partial charge in [-0.05, 0) is 43.0 Å². The van der Waals surface area contributed by atoms with E-state index >= 15 is 0 Å². The molecule has 2 aromatic rings. The Kier molecular flexibility index (Phi) is 4.68. The fraction of sp³-hybridized carbons (Fsp3) is 0.412. The van der Waals surface area contributed by atoms with Gasteiger partial charge >= 0.3 is 0 Å². The molecule has 0 radical (unpaired) electrons. The maximum Gasteiger partial charge on any atom is 0.274 e. The van der Waals surface area contributed by atoms with Crippen molar-refractivity contribution < 1.29 is 4.79 Å². The van der Waals surface area contributed by atoms with E-state index in [1.807, 2.05) is 23.1 Å². The molecule has 122 valence electrons. The van der Waals surface area contributed by atoms with Crippen LogP contribution in [0.15, 0.2) is 36.5 Å². The van der Waals surface area contributed by atoms with Gasteiger partial charge in [0.25, 0.3) is 5.91 Å². The molecule has 0 aliphatic carbocycles. The zero-order chi connectivity index (χ0) is 16.4. The van der Waals surface area contributed by atoms with Crippen molar-refractivity contribution in [2.45, 2.75) is 25.8 Å². The van der Waals surface area contributed by atoms with Crippen LogP contribution in [0, 0.1) is 5.92 Å². The molecule has 1 saturated heterocycles. The average molecular weight is 333 g/mol. The number of hydrogen-bond acceptors (Lipinski definition) is 3. The Hall–Kier alpha value is -1.85. The normalized spacial score (nSPS) is 21.4. The van der Waals surface area contributed by atoms with Gasteiger partial charge in [-0.3, -0.25) is 4.79 Å². The number of likely N-dealkylation sites (tertiary alicyclic amines) is 1. The third kappa shape index (κ3) is 3.41. The quantitative estimate of drug-likeness (QED) is 0.940. The molecule has 0 saturated carbocycles. The Balaban J connectivity index is 1.81. The Bertz CT molecular complexity index is 699. The van der Waals surface area contributed by atoms with Crippen LogP contribution in [0.4, 0.5) is 0 Å². The van der Waals surface area contributed by atoms with Gasteiger partial charge < -0.3 is 10.6 Å². The molecule has 2 heterocycles. The number of carbonyl (C=O) groups is 1. The third-order valence-corrected chi connectivity index (χ3v) is 4.63. The van der Waals surface area contributed by atoms with Crippen molar-refractivity contribution in [3.8, 4) is 5.69 Å². The zero-order valence-electron chi connectivity index (χ0n) is 13.2. The first-order chi connectivity index (χ1) is 11.1. The van der Waals surface area contributed by atoms with Gasteiger partial charge in [-0.2, -0.15) is 5.10 Å². The second-order valence-electron chi connectivity index (χ2n) is 6.14. The van der Waals surface area contributed by atoms with Crippen molar-refractivity contribution in [3.63, 3.8) is 0 Å². The maximum atomic E-state index is 12.8. The third-order valence-electron chi connectivity index (χ3n) is 4.39. The summed E-state index contributed by atoms with van der Waals surface area (Å²) in [6.07, 6.45) is 3.75. The van der Waals surface area contributed by atoms with Crippen molar-refractivity contribution in [1.82, 2.24) is 14.7 Å². The summed E-state index contributed by atoms with van der Waals surface area (Å²) in [4.78, 5) is 14.6. The van der Waals surface area contributed by atoms with Crippen molar-refractivity contribution in [3.05, 3.63) is 47.2 Å². The van der Waals surface area contributed by atoms with Crippen LogP contribution < -0.4 is 5.73 Å². The molecule has 1 aromatic heterocycles. The van der Waals surface area contributed by atoms with Crippen LogP contribution in [0.25, 0.3) is 5.69 Å². The van der Waals surface area contributed by atoms with Gasteiger partial charge in [-0.1, -0.05) is 24.6 Å². The summed E-state index contributed by atoms with van der Waals surface area (Å²) < 4.78 is 1.67. The Labute approximate surface area is 141 Å². The summed E-state index contributed by atoms with van der Waals surface area (Å²) >= 11 is 6.01. The Morgan fingerprint density at radius 3 is 3.00 bits per heavy atom. The highest BCUT2D eigenvalue weighted by Gasteiger charge is 2.30. The topological polar surface area (TPSA) is 64.2 Å². The molecule has 5 nitrogen and oxygen atoms in total. The molecule has 1 aliphatic rings. The number of hydrogen-bond donors (Lipinski definition) is 1. The fourth-order valence-corrected chi connectivity index (χ4v) is 3.27. The minimum absolute atomic E-state index is 0.0480. The van der Waals surface area contributed by atoms with Crippen LogP contribution in [-0.4, -0.2) is 39.7 Å². The number of piperidine rings is 1. The molecule has 2 N–H and O–H groups in total. The molecule has 1 aromatic carbocycles. The van der Waals surface area contributed by atoms with Gasteiger partial charge in [0.1, 0.15) is 0 Å². The van der Waals surface area contributed by atoms with E-state index in [0.717, 1.165) is 25.1 Å². The summed E-state index contributed by atoms with van der Waals surface area (Å²) in [5.41, 5.74) is 7.13. The minimum Gasteiger partial charge on any atom is -0.333 e. The largest absolute Gasteiger partial charge is 0.333 e. The molecule has 3 rings (SSSR count). The van der Waals surface area contributed by atoms with Gasteiger partial charge in [0, 0.05) is 30.4 Å². The lowest BCUT2D eigenvalue weighted by molar-refractivity contribution is 0.0567. The Morgan fingerprint density at radius 1 is 1.43 bits per heavy atom. The van der Waals surface area contributed by atoms with E-state index in [-0.39, 0.29) is 11.9 Å². The summed E-state index contributed by atoms with van der Waals surface area (Å²) in [5.74, 6) is 0.560. The maximum absolute atomic E-state index is 12.8. The predicted molar refractivity (Wildman–Crippen MR) is 90.9 cm³/mol. The predicted octanol–water partition coefficient (Wildman–Crippen LogP) is 2.73. The number of rotatable bonds is 3. The van der Waals surface area contributed by atoms with Crippen LogP contribution in [-0.2, 0) is 0 Å². The lowest BCUT2D eigenvalue weighted by atomic mass is 9.92. The number of carbonyl (C=O) groups excluding carboxylic acids is 1. The molecule has 23 heavy (non-hydrogen) atoms. The fourth-order valence-electron chi connectivity index (χ4n) is 3.09. The summed E-state index contributed by atoms with van der Waals surface area (Å²) in [5, 5.41) is 5.05. The summed E-state index contributed by atoms with van der Waals surface area (Å²) in [6, 6.07) is 9.22. The van der Waals surface area contributed by atoms with E-state index < -0.39 is 0 Å². The lowest BCUT2D eigenvalue weighted by Gasteiger charge is -2.37. The van der Waals surface area contributed by atoms with Gasteiger partial charge in [0.05, 0.1) is 5.69 Å². The van der Waals surface area contributed by atoms with E-state index in [2.05, 4.69) is 12.0 Å². The SMILES string of the molecule is CC1CCN(C(=O)c2ccn(-c3cccc(Cl)c3)n2)C(CN)C1. The molecule has 0 spiro atoms. The van der Waals surface area contributed by atoms with E-state index in [1.165, 1.54) is 0 Å². The van der Waals surface area contributed by atoms with Gasteiger partial charge in [0.15, 0.2) is 5.69 Å². The number of nitrogens with two attached hydrogens (primary N) is 1. The highest BCUT2D eigenvalue weighted by atomic mass is 35.5. The van der Waals surface area contributed by atoms with E-state index in [4.69, 9.17) is 17.3 Å². The van der Waals surface area contributed by atoms with Crippen molar-refractivity contribution in [2.24, 2.45) is 11.7 Å². The van der Waals surface area contributed by atoms with Crippen LogP contribution in [0.1, 0.15) is 30.3 Å². The first-order valence-corrected chi connectivity index (χ1v) is 8.29. The molecular weight excluding hydrogens is 312 g/mol. The molecule has 6 heteroatoms. The second kappa shape index (κ2) is 6.72. The molecule has 2 atom stereocenters. The van der Waals surface area contributed by atoms with Gasteiger partial charge in [-0.25, -0.2) is 4.68 Å². The molecular formula is C17H21ClN4O. The molecule has 0 bridgehead atoms. The van der Waals surface area contributed by atoms with Crippen molar-refractivity contribution in [2.75, 3.05) is 13.1 Å². The number of amides is 1. The van der Waals surface area contributed by atoms with E-state index in [9.17, 15) is 4.79 Å². The molecule has 1 fully saturated rings. The first-order valence-electron chi connectivity index (χ1n) is 7.91. The van der Waals surface area contributed by atoms with Crippen molar-refractivity contribution >= 4 is 17.5 Å².